The molecule has 0 bridgehead atoms. The fraction of sp³-hybridized carbons (Fsp3) is 0.190. The lowest BCUT2D eigenvalue weighted by Crippen LogP contribution is -2.35. The van der Waals surface area contributed by atoms with Crippen LogP contribution >= 0.6 is 11.8 Å². The molecule has 0 radical (unpaired) electrons. The van der Waals surface area contributed by atoms with Crippen LogP contribution in [0.15, 0.2) is 62.7 Å². The lowest BCUT2D eigenvalue weighted by Gasteiger charge is -2.20. The second kappa shape index (κ2) is 8.79. The normalized spacial score (nSPS) is 17.3. The largest absolute Gasteiger partial charge is 0.457 e. The van der Waals surface area contributed by atoms with E-state index in [0.717, 1.165) is 16.8 Å². The predicted octanol–water partition coefficient (Wildman–Crippen LogP) is 3.15. The highest BCUT2D eigenvalue weighted by Crippen LogP contribution is 2.31. The molecule has 0 unspecified atom stereocenters. The Morgan fingerprint density at radius 3 is 2.64 bits per heavy atom. The topological polar surface area (TPSA) is 142 Å². The summed E-state index contributed by atoms with van der Waals surface area (Å²) in [6, 6.07) is 9.30. The van der Waals surface area contributed by atoms with Crippen molar-refractivity contribution in [2.75, 3.05) is 5.75 Å². The van der Waals surface area contributed by atoms with Gasteiger partial charge in [0.2, 0.25) is 25.1 Å². The number of amides is 1. The first-order valence-electron chi connectivity index (χ1n) is 9.73. The minimum atomic E-state index is -3.65. The van der Waals surface area contributed by atoms with Crippen LogP contribution in [0, 0.1) is 11.3 Å². The van der Waals surface area contributed by atoms with Gasteiger partial charge in [0.25, 0.3) is 5.91 Å². The van der Waals surface area contributed by atoms with Gasteiger partial charge in [-0.2, -0.15) is 10.0 Å². The number of furan rings is 1. The van der Waals surface area contributed by atoms with Crippen molar-refractivity contribution in [2.24, 2.45) is 16.0 Å². The van der Waals surface area contributed by atoms with E-state index in [2.05, 4.69) is 10.1 Å². The molecule has 0 saturated carbocycles. The predicted molar refractivity (Wildman–Crippen MR) is 124 cm³/mol. The molecule has 10 nitrogen and oxygen atoms in total. The van der Waals surface area contributed by atoms with Crippen LogP contribution in [0.3, 0.4) is 0 Å². The summed E-state index contributed by atoms with van der Waals surface area (Å²) in [6.07, 6.45) is 2.80. The van der Waals surface area contributed by atoms with Crippen molar-refractivity contribution in [3.8, 4) is 5.75 Å². The number of nitrogens with zero attached hydrogens (tertiary/aromatic N) is 3. The molecule has 0 aliphatic carbocycles. The molecule has 1 N–H and O–H groups in total. The molecule has 0 fully saturated rings. The standard InChI is InChI=1S/C21H18N4O6S2/c1-12(2)11-33(28,29)21-24-25-17(22)15(18(26)23-20(25)32-21)10-13-5-7-14(8-6-13)31-19(27)16-4-3-9-30-16/h3-10,12,22H,11H2,1-2H3/b15-10+,22-17?. The Kier molecular flexibility index (Phi) is 6.04. The summed E-state index contributed by atoms with van der Waals surface area (Å²) in [4.78, 5) is 28.4. The van der Waals surface area contributed by atoms with Gasteiger partial charge >= 0.3 is 5.97 Å². The molecule has 170 valence electrons. The van der Waals surface area contributed by atoms with Crippen molar-refractivity contribution in [1.29, 1.82) is 5.41 Å². The number of hydrazone groups is 1. The van der Waals surface area contributed by atoms with Crippen molar-refractivity contribution < 1.29 is 27.2 Å². The van der Waals surface area contributed by atoms with E-state index in [4.69, 9.17) is 14.6 Å². The number of aliphatic imine (C=N–C) groups is 1. The number of fused-ring (bicyclic) bond motifs is 1. The number of thioether (sulfide) groups is 1. The maximum atomic E-state index is 12.5. The van der Waals surface area contributed by atoms with Gasteiger partial charge in [0.15, 0.2) is 5.84 Å². The molecule has 2 aromatic rings. The lowest BCUT2D eigenvalue weighted by molar-refractivity contribution is -0.114. The van der Waals surface area contributed by atoms with Crippen LogP contribution in [-0.2, 0) is 14.6 Å². The highest BCUT2D eigenvalue weighted by atomic mass is 32.3. The second-order valence-corrected chi connectivity index (χ2v) is 10.7. The molecule has 0 saturated heterocycles. The van der Waals surface area contributed by atoms with Crippen molar-refractivity contribution in [3.63, 3.8) is 0 Å². The zero-order chi connectivity index (χ0) is 23.8. The lowest BCUT2D eigenvalue weighted by atomic mass is 10.1. The number of carbonyl (C=O) groups excluding carboxylic acids is 2. The van der Waals surface area contributed by atoms with E-state index in [1.165, 1.54) is 30.5 Å². The van der Waals surface area contributed by atoms with E-state index in [-0.39, 0.29) is 44.1 Å². The molecule has 4 rings (SSSR count). The van der Waals surface area contributed by atoms with E-state index in [1.54, 1.807) is 32.0 Å². The first kappa shape index (κ1) is 22.7. The molecule has 1 amide bonds. The number of benzene rings is 1. The van der Waals surface area contributed by atoms with Crippen LogP contribution in [0.1, 0.15) is 30.0 Å². The van der Waals surface area contributed by atoms with Gasteiger partial charge in [-0.3, -0.25) is 10.2 Å². The molecular formula is C21H18N4O6S2. The molecular weight excluding hydrogens is 468 g/mol. The molecule has 12 heteroatoms. The Labute approximate surface area is 193 Å². The number of nitrogens with one attached hydrogen (secondary N) is 1. The third-order valence-corrected chi connectivity index (χ3v) is 7.81. The van der Waals surface area contributed by atoms with Gasteiger partial charge in [-0.25, -0.2) is 13.2 Å². The Morgan fingerprint density at radius 2 is 2.00 bits per heavy atom. The summed E-state index contributed by atoms with van der Waals surface area (Å²) in [7, 11) is -3.65. The van der Waals surface area contributed by atoms with Crippen LogP contribution in [0.25, 0.3) is 6.08 Å². The second-order valence-electron chi connectivity index (χ2n) is 7.50. The minimum absolute atomic E-state index is 0.0321. The van der Waals surface area contributed by atoms with Gasteiger partial charge < -0.3 is 9.15 Å². The molecule has 0 atom stereocenters. The Hall–Kier alpha value is -3.51. The average Bonchev–Trinajstić information content (AvgIpc) is 3.42. The van der Waals surface area contributed by atoms with E-state index in [9.17, 15) is 18.0 Å². The summed E-state index contributed by atoms with van der Waals surface area (Å²) in [5.41, 5.74) is 0.494. The van der Waals surface area contributed by atoms with Gasteiger partial charge in [-0.05, 0) is 53.6 Å². The highest BCUT2D eigenvalue weighted by Gasteiger charge is 2.39. The molecule has 33 heavy (non-hydrogen) atoms. The SMILES string of the molecule is CC(C)CS(=O)(=O)C1=NN2C(=N)/C(=C\c3ccc(OC(=O)c4ccco4)cc3)C(=O)N=C2S1. The first-order valence-corrected chi connectivity index (χ1v) is 12.2. The Morgan fingerprint density at radius 1 is 1.27 bits per heavy atom. The molecule has 2 aliphatic heterocycles. The van der Waals surface area contributed by atoms with Crippen LogP contribution in [-0.4, -0.2) is 46.4 Å². The number of rotatable bonds is 5. The zero-order valence-corrected chi connectivity index (χ0v) is 19.1. The molecule has 3 heterocycles. The maximum Gasteiger partial charge on any atom is 0.379 e. The van der Waals surface area contributed by atoms with Crippen molar-refractivity contribution in [2.45, 2.75) is 13.8 Å². The van der Waals surface area contributed by atoms with E-state index in [0.29, 0.717) is 5.56 Å². The Bertz CT molecular complexity index is 1320. The fourth-order valence-corrected chi connectivity index (χ4v) is 5.75. The molecule has 0 spiro atoms. The minimum Gasteiger partial charge on any atom is -0.457 e. The number of hydrogen-bond acceptors (Lipinski definition) is 9. The van der Waals surface area contributed by atoms with Crippen LogP contribution in [0.2, 0.25) is 0 Å². The fourth-order valence-electron chi connectivity index (χ4n) is 2.96. The smallest absolute Gasteiger partial charge is 0.379 e. The number of carbonyl (C=O) groups is 2. The van der Waals surface area contributed by atoms with Gasteiger partial charge in [-0.1, -0.05) is 26.0 Å². The third-order valence-electron chi connectivity index (χ3n) is 4.38. The van der Waals surface area contributed by atoms with E-state index in [1.807, 2.05) is 0 Å². The summed E-state index contributed by atoms with van der Waals surface area (Å²) in [6.45, 7) is 3.55. The van der Waals surface area contributed by atoms with Crippen LogP contribution in [0.4, 0.5) is 0 Å². The van der Waals surface area contributed by atoms with Crippen molar-refractivity contribution in [3.05, 3.63) is 59.6 Å². The van der Waals surface area contributed by atoms with Gasteiger partial charge in [0.05, 0.1) is 17.6 Å². The van der Waals surface area contributed by atoms with E-state index >= 15 is 0 Å². The first-order chi connectivity index (χ1) is 15.6. The van der Waals surface area contributed by atoms with Crippen molar-refractivity contribution in [1.82, 2.24) is 5.01 Å². The van der Waals surface area contributed by atoms with Gasteiger partial charge in [0.1, 0.15) is 5.75 Å². The van der Waals surface area contributed by atoms with Gasteiger partial charge in [-0.15, -0.1) is 5.10 Å². The number of hydrogen-bond donors (Lipinski definition) is 1. The summed E-state index contributed by atoms with van der Waals surface area (Å²) < 4.78 is 35.0. The quantitative estimate of drug-likeness (QED) is 0.386. The molecule has 1 aromatic carbocycles. The highest BCUT2D eigenvalue weighted by molar-refractivity contribution is 8.42. The van der Waals surface area contributed by atoms with Gasteiger partial charge in [0, 0.05) is 0 Å². The maximum absolute atomic E-state index is 12.5. The van der Waals surface area contributed by atoms with E-state index < -0.39 is 21.7 Å². The number of amidine groups is 2. The van der Waals surface area contributed by atoms with Crippen LogP contribution in [0.5, 0.6) is 5.75 Å². The number of ether oxygens (including phenoxy) is 1. The average molecular weight is 487 g/mol. The monoisotopic (exact) mass is 486 g/mol. The molecule has 2 aliphatic rings. The summed E-state index contributed by atoms with van der Waals surface area (Å²) >= 11 is 0.759. The van der Waals surface area contributed by atoms with Crippen LogP contribution < -0.4 is 4.74 Å². The zero-order valence-electron chi connectivity index (χ0n) is 17.5. The molecule has 1 aromatic heterocycles. The Balaban J connectivity index is 1.53. The summed E-state index contributed by atoms with van der Waals surface area (Å²) in [5.74, 6) is -1.47. The third kappa shape index (κ3) is 4.81. The number of sulfone groups is 1. The number of esters is 1. The summed E-state index contributed by atoms with van der Waals surface area (Å²) in [5, 5.41) is 13.5. The van der Waals surface area contributed by atoms with Crippen molar-refractivity contribution >= 4 is 54.9 Å².